The molecule has 0 saturated carbocycles. The third-order valence-corrected chi connectivity index (χ3v) is 2.44. The first-order chi connectivity index (χ1) is 6.90. The number of aromatic nitrogens is 1. The van der Waals surface area contributed by atoms with E-state index in [1.807, 2.05) is 18.2 Å². The highest BCUT2D eigenvalue weighted by atomic mass is 35.5. The summed E-state index contributed by atoms with van der Waals surface area (Å²) >= 11 is 0. The highest BCUT2D eigenvalue weighted by Gasteiger charge is 2.14. The predicted molar refractivity (Wildman–Crippen MR) is 67.8 cm³/mol. The van der Waals surface area contributed by atoms with Crippen LogP contribution in [0.15, 0.2) is 36.3 Å². The van der Waals surface area contributed by atoms with Crippen molar-refractivity contribution in [2.24, 2.45) is 0 Å². The van der Waals surface area contributed by atoms with Crippen LogP contribution in [-0.4, -0.2) is 11.5 Å². The number of hydrogen-bond acceptors (Lipinski definition) is 3. The van der Waals surface area contributed by atoms with Gasteiger partial charge < -0.3 is 5.32 Å². The molecular weight excluding hydrogens is 245 g/mol. The first kappa shape index (κ1) is 14.8. The monoisotopic (exact) mass is 257 g/mol. The molecule has 86 valence electrons. The number of halogens is 2. The van der Waals surface area contributed by atoms with Crippen LogP contribution < -0.4 is 5.32 Å². The van der Waals surface area contributed by atoms with Crippen molar-refractivity contribution >= 4 is 24.8 Å². The average molecular weight is 258 g/mol. The largest absolute Gasteiger partial charge is 0.376 e. The number of hydrogen-bond donors (Lipinski definition) is 1. The molecule has 16 heavy (non-hydrogen) atoms. The lowest BCUT2D eigenvalue weighted by Gasteiger charge is -2.20. The van der Waals surface area contributed by atoms with Crippen LogP contribution in [0.5, 0.6) is 0 Å². The van der Waals surface area contributed by atoms with Crippen LogP contribution in [0.25, 0.3) is 0 Å². The highest BCUT2D eigenvalue weighted by Crippen LogP contribution is 2.22. The zero-order chi connectivity index (χ0) is 9.80. The maximum absolute atomic E-state index is 8.66. The van der Waals surface area contributed by atoms with Gasteiger partial charge in [-0.3, -0.25) is 4.98 Å². The van der Waals surface area contributed by atoms with E-state index in [1.165, 1.54) is 5.56 Å². The van der Waals surface area contributed by atoms with Gasteiger partial charge in [0, 0.05) is 24.9 Å². The quantitative estimate of drug-likeness (QED) is 0.841. The molecule has 0 aromatic carbocycles. The summed E-state index contributed by atoms with van der Waals surface area (Å²) in [7, 11) is 0. The third kappa shape index (κ3) is 3.41. The van der Waals surface area contributed by atoms with Crippen LogP contribution in [-0.2, 0) is 0 Å². The van der Waals surface area contributed by atoms with Gasteiger partial charge in [-0.25, -0.2) is 0 Å². The van der Waals surface area contributed by atoms with E-state index in [0.717, 1.165) is 13.0 Å². The summed E-state index contributed by atoms with van der Waals surface area (Å²) in [5.41, 5.74) is 1.97. The summed E-state index contributed by atoms with van der Waals surface area (Å²) in [6.45, 7) is 0.837. The van der Waals surface area contributed by atoms with E-state index < -0.39 is 0 Å². The summed E-state index contributed by atoms with van der Waals surface area (Å²) in [6.07, 6.45) is 6.49. The van der Waals surface area contributed by atoms with Crippen LogP contribution in [0.3, 0.4) is 0 Å². The van der Waals surface area contributed by atoms with Crippen molar-refractivity contribution in [2.75, 3.05) is 6.54 Å². The Morgan fingerprint density at radius 1 is 1.31 bits per heavy atom. The Labute approximate surface area is 107 Å². The molecule has 0 radical (unpaired) electrons. The lowest BCUT2D eigenvalue weighted by atomic mass is 9.94. The van der Waals surface area contributed by atoms with Gasteiger partial charge in [0.15, 0.2) is 0 Å². The van der Waals surface area contributed by atoms with Gasteiger partial charge in [-0.15, -0.1) is 24.8 Å². The molecule has 0 spiro atoms. The van der Waals surface area contributed by atoms with Crippen molar-refractivity contribution in [1.29, 1.82) is 5.26 Å². The van der Waals surface area contributed by atoms with E-state index in [9.17, 15) is 0 Å². The predicted octanol–water partition coefficient (Wildman–Crippen LogP) is 2.41. The molecule has 1 unspecified atom stereocenters. The molecule has 0 fully saturated rings. The Morgan fingerprint density at radius 2 is 2.00 bits per heavy atom. The van der Waals surface area contributed by atoms with Crippen molar-refractivity contribution in [3.63, 3.8) is 0 Å². The maximum Gasteiger partial charge on any atom is 0.117 e. The minimum atomic E-state index is 0. The Balaban J connectivity index is 0.00000112. The molecule has 2 heterocycles. The van der Waals surface area contributed by atoms with E-state index in [0.29, 0.717) is 11.6 Å². The standard InChI is InChI=1S/C11H11N3.2ClH/c12-7-11-2-1-10(8-14-11)9-3-5-13-6-4-9;;/h2-6,10,14H,1,8H2;2*1H. The fourth-order valence-electron chi connectivity index (χ4n) is 1.62. The molecule has 0 saturated heterocycles. The van der Waals surface area contributed by atoms with Crippen LogP contribution in [0.2, 0.25) is 0 Å². The summed E-state index contributed by atoms with van der Waals surface area (Å²) in [4.78, 5) is 3.98. The van der Waals surface area contributed by atoms with E-state index >= 15 is 0 Å². The maximum atomic E-state index is 8.66. The normalized spacial score (nSPS) is 17.9. The topological polar surface area (TPSA) is 48.7 Å². The van der Waals surface area contributed by atoms with Crippen LogP contribution in [0.1, 0.15) is 17.9 Å². The van der Waals surface area contributed by atoms with Gasteiger partial charge >= 0.3 is 0 Å². The highest BCUT2D eigenvalue weighted by molar-refractivity contribution is 5.85. The molecular formula is C11H13Cl2N3. The second-order valence-corrected chi connectivity index (χ2v) is 3.32. The molecule has 2 rings (SSSR count). The van der Waals surface area contributed by atoms with Gasteiger partial charge in [0.05, 0.1) is 0 Å². The van der Waals surface area contributed by atoms with Crippen LogP contribution >= 0.6 is 24.8 Å². The van der Waals surface area contributed by atoms with Crippen molar-refractivity contribution in [3.05, 3.63) is 41.9 Å². The van der Waals surface area contributed by atoms with Gasteiger partial charge in [0.1, 0.15) is 11.8 Å². The second-order valence-electron chi connectivity index (χ2n) is 3.32. The third-order valence-electron chi connectivity index (χ3n) is 2.44. The summed E-state index contributed by atoms with van der Waals surface area (Å²) in [5.74, 6) is 0.468. The van der Waals surface area contributed by atoms with Crippen molar-refractivity contribution < 1.29 is 0 Å². The summed E-state index contributed by atoms with van der Waals surface area (Å²) in [6, 6.07) is 6.16. The van der Waals surface area contributed by atoms with Gasteiger partial charge in [0.25, 0.3) is 0 Å². The van der Waals surface area contributed by atoms with Gasteiger partial charge in [-0.1, -0.05) is 0 Å². The van der Waals surface area contributed by atoms with Crippen molar-refractivity contribution in [1.82, 2.24) is 10.3 Å². The zero-order valence-electron chi connectivity index (χ0n) is 8.59. The van der Waals surface area contributed by atoms with Crippen LogP contribution in [0.4, 0.5) is 0 Å². The molecule has 1 aromatic rings. The van der Waals surface area contributed by atoms with E-state index in [1.54, 1.807) is 12.4 Å². The van der Waals surface area contributed by atoms with Crippen molar-refractivity contribution in [3.8, 4) is 6.07 Å². The number of nitriles is 1. The molecule has 1 aromatic heterocycles. The van der Waals surface area contributed by atoms with E-state index in [-0.39, 0.29) is 24.8 Å². The molecule has 1 atom stereocenters. The summed E-state index contributed by atoms with van der Waals surface area (Å²) < 4.78 is 0. The number of allylic oxidation sites excluding steroid dienone is 2. The fraction of sp³-hybridized carbons (Fsp3) is 0.273. The minimum Gasteiger partial charge on any atom is -0.376 e. The Kier molecular flexibility index (Phi) is 6.55. The van der Waals surface area contributed by atoms with Crippen LogP contribution in [0, 0.1) is 11.3 Å². The zero-order valence-corrected chi connectivity index (χ0v) is 10.2. The Morgan fingerprint density at radius 3 is 2.50 bits per heavy atom. The van der Waals surface area contributed by atoms with Gasteiger partial charge in [-0.05, 0) is 30.2 Å². The van der Waals surface area contributed by atoms with Gasteiger partial charge in [0.2, 0.25) is 0 Å². The molecule has 0 aliphatic carbocycles. The molecule has 5 heteroatoms. The summed E-state index contributed by atoms with van der Waals surface area (Å²) in [5, 5.41) is 11.8. The molecule has 1 aliphatic rings. The molecule has 0 bridgehead atoms. The second kappa shape index (κ2) is 7.10. The number of nitrogens with one attached hydrogen (secondary N) is 1. The first-order valence-electron chi connectivity index (χ1n) is 4.64. The lowest BCUT2D eigenvalue weighted by Crippen LogP contribution is -2.24. The Bertz CT molecular complexity index is 384. The van der Waals surface area contributed by atoms with Gasteiger partial charge in [-0.2, -0.15) is 5.26 Å². The molecule has 1 aliphatic heterocycles. The molecule has 1 N–H and O–H groups in total. The van der Waals surface area contributed by atoms with E-state index in [2.05, 4.69) is 16.4 Å². The van der Waals surface area contributed by atoms with Crippen molar-refractivity contribution in [2.45, 2.75) is 12.3 Å². The number of nitrogens with zero attached hydrogens (tertiary/aromatic N) is 2. The minimum absolute atomic E-state index is 0. The number of pyridine rings is 1. The Hall–Kier alpha value is -1.24. The SMILES string of the molecule is Cl.Cl.N#CC1=CCC(c2ccncc2)CN1. The smallest absolute Gasteiger partial charge is 0.117 e. The van der Waals surface area contributed by atoms with E-state index in [4.69, 9.17) is 5.26 Å². The average Bonchev–Trinajstić information content (AvgIpc) is 2.30. The molecule has 0 amide bonds. The lowest BCUT2D eigenvalue weighted by molar-refractivity contribution is 0.611. The number of rotatable bonds is 1. The fourth-order valence-corrected chi connectivity index (χ4v) is 1.62. The first-order valence-corrected chi connectivity index (χ1v) is 4.64. The molecule has 3 nitrogen and oxygen atoms in total.